The van der Waals surface area contributed by atoms with Crippen LogP contribution in [0, 0.1) is 5.41 Å². The van der Waals surface area contributed by atoms with Gasteiger partial charge < -0.3 is 16.2 Å². The Balaban J connectivity index is 2.09. The zero-order chi connectivity index (χ0) is 12.0. The summed E-state index contributed by atoms with van der Waals surface area (Å²) in [5.41, 5.74) is 4.68. The van der Waals surface area contributed by atoms with E-state index in [0.717, 1.165) is 19.3 Å². The van der Waals surface area contributed by atoms with Crippen molar-refractivity contribution in [1.82, 2.24) is 5.32 Å². The predicted octanol–water partition coefficient (Wildman–Crippen LogP) is 0.486. The van der Waals surface area contributed by atoms with Crippen molar-refractivity contribution in [1.29, 1.82) is 0 Å². The average molecular weight is 228 g/mol. The maximum absolute atomic E-state index is 11.4. The van der Waals surface area contributed by atoms with E-state index in [1.165, 1.54) is 0 Å². The highest BCUT2D eigenvalue weighted by molar-refractivity contribution is 5.80. The van der Waals surface area contributed by atoms with Crippen molar-refractivity contribution in [3.63, 3.8) is 0 Å². The van der Waals surface area contributed by atoms with E-state index in [2.05, 4.69) is 5.32 Å². The van der Waals surface area contributed by atoms with Gasteiger partial charge in [-0.3, -0.25) is 9.59 Å². The third-order valence-electron chi connectivity index (χ3n) is 3.04. The minimum absolute atomic E-state index is 0.0513. The molecule has 92 valence electrons. The van der Waals surface area contributed by atoms with E-state index in [0.29, 0.717) is 25.8 Å². The van der Waals surface area contributed by atoms with E-state index >= 15 is 0 Å². The molecule has 0 aromatic heterocycles. The Hall–Kier alpha value is -1.10. The molecular formula is C11H20N2O3. The van der Waals surface area contributed by atoms with Gasteiger partial charge in [0.25, 0.3) is 0 Å². The molecule has 1 saturated carbocycles. The average Bonchev–Trinajstić information content (AvgIpc) is 3.03. The van der Waals surface area contributed by atoms with Crippen LogP contribution in [-0.2, 0) is 9.59 Å². The Morgan fingerprint density at radius 2 is 1.94 bits per heavy atom. The molecule has 0 heterocycles. The molecule has 1 amide bonds. The molecule has 0 aromatic carbocycles. The van der Waals surface area contributed by atoms with E-state index in [-0.39, 0.29) is 12.5 Å². The third kappa shape index (κ3) is 3.81. The Bertz CT molecular complexity index is 262. The number of carboxylic acids is 1. The normalized spacial score (nSPS) is 16.8. The van der Waals surface area contributed by atoms with E-state index in [4.69, 9.17) is 10.8 Å². The number of rotatable bonds is 8. The highest BCUT2D eigenvalue weighted by Crippen LogP contribution is 2.45. The molecule has 1 aliphatic carbocycles. The molecule has 1 fully saturated rings. The largest absolute Gasteiger partial charge is 0.481 e. The van der Waals surface area contributed by atoms with E-state index in [1.807, 2.05) is 0 Å². The molecule has 1 rings (SSSR count). The lowest BCUT2D eigenvalue weighted by molar-refractivity contribution is -0.143. The van der Waals surface area contributed by atoms with Crippen LogP contribution in [0.25, 0.3) is 0 Å². The summed E-state index contributed by atoms with van der Waals surface area (Å²) < 4.78 is 0. The highest BCUT2D eigenvalue weighted by atomic mass is 16.4. The third-order valence-corrected chi connectivity index (χ3v) is 3.04. The summed E-state index contributed by atoms with van der Waals surface area (Å²) in [5, 5.41) is 11.6. The van der Waals surface area contributed by atoms with Gasteiger partial charge in [0.2, 0.25) is 5.91 Å². The minimum Gasteiger partial charge on any atom is -0.481 e. The first-order chi connectivity index (χ1) is 7.60. The molecule has 0 bridgehead atoms. The van der Waals surface area contributed by atoms with Crippen molar-refractivity contribution in [2.45, 2.75) is 38.5 Å². The summed E-state index contributed by atoms with van der Waals surface area (Å²) in [6.45, 7) is 0.932. The van der Waals surface area contributed by atoms with Gasteiger partial charge in [-0.2, -0.15) is 0 Å². The predicted molar refractivity (Wildman–Crippen MR) is 59.8 cm³/mol. The first-order valence-electron chi connectivity index (χ1n) is 5.81. The van der Waals surface area contributed by atoms with Crippen molar-refractivity contribution < 1.29 is 14.7 Å². The van der Waals surface area contributed by atoms with Gasteiger partial charge in [0.15, 0.2) is 0 Å². The Morgan fingerprint density at radius 3 is 2.44 bits per heavy atom. The molecule has 16 heavy (non-hydrogen) atoms. The Morgan fingerprint density at radius 1 is 1.25 bits per heavy atom. The SMILES string of the molecule is NCCCCCC(=O)NCC1(C(=O)O)CC1. The van der Waals surface area contributed by atoms with Crippen LogP contribution in [0.1, 0.15) is 38.5 Å². The van der Waals surface area contributed by atoms with Crippen molar-refractivity contribution >= 4 is 11.9 Å². The number of aliphatic carboxylic acids is 1. The van der Waals surface area contributed by atoms with Crippen LogP contribution in [-0.4, -0.2) is 30.1 Å². The topological polar surface area (TPSA) is 92.4 Å². The molecular weight excluding hydrogens is 208 g/mol. The number of unbranched alkanes of at least 4 members (excludes halogenated alkanes) is 2. The fraction of sp³-hybridized carbons (Fsp3) is 0.818. The van der Waals surface area contributed by atoms with Crippen LogP contribution in [0.5, 0.6) is 0 Å². The lowest BCUT2D eigenvalue weighted by atomic mass is 10.1. The first-order valence-corrected chi connectivity index (χ1v) is 5.81. The van der Waals surface area contributed by atoms with Crippen molar-refractivity contribution in [3.05, 3.63) is 0 Å². The maximum Gasteiger partial charge on any atom is 0.311 e. The van der Waals surface area contributed by atoms with Gasteiger partial charge in [-0.1, -0.05) is 6.42 Å². The zero-order valence-corrected chi connectivity index (χ0v) is 9.50. The van der Waals surface area contributed by atoms with Crippen molar-refractivity contribution in [3.8, 4) is 0 Å². The number of amides is 1. The molecule has 0 aliphatic heterocycles. The molecule has 0 atom stereocenters. The second kappa shape index (κ2) is 5.84. The Kier molecular flexibility index (Phi) is 4.73. The van der Waals surface area contributed by atoms with E-state index in [9.17, 15) is 9.59 Å². The van der Waals surface area contributed by atoms with Gasteiger partial charge in [-0.25, -0.2) is 0 Å². The minimum atomic E-state index is -0.795. The van der Waals surface area contributed by atoms with Gasteiger partial charge in [-0.05, 0) is 32.2 Å². The monoisotopic (exact) mass is 228 g/mol. The number of carbonyl (C=O) groups is 2. The lowest BCUT2D eigenvalue weighted by Crippen LogP contribution is -2.34. The summed E-state index contributed by atoms with van der Waals surface area (Å²) in [5.74, 6) is -0.847. The second-order valence-electron chi connectivity index (χ2n) is 4.46. The fourth-order valence-corrected chi connectivity index (χ4v) is 1.58. The van der Waals surface area contributed by atoms with Crippen LogP contribution >= 0.6 is 0 Å². The van der Waals surface area contributed by atoms with Crippen molar-refractivity contribution in [2.75, 3.05) is 13.1 Å². The number of hydrogen-bond donors (Lipinski definition) is 3. The molecule has 4 N–H and O–H groups in total. The standard InChI is InChI=1S/C11H20N2O3/c12-7-3-1-2-4-9(14)13-8-11(5-6-11)10(15)16/h1-8,12H2,(H,13,14)(H,15,16). The van der Waals surface area contributed by atoms with Crippen LogP contribution in [0.3, 0.4) is 0 Å². The molecule has 5 nitrogen and oxygen atoms in total. The van der Waals surface area contributed by atoms with Crippen LogP contribution in [0.15, 0.2) is 0 Å². The summed E-state index contributed by atoms with van der Waals surface area (Å²) in [6.07, 6.45) is 4.53. The quantitative estimate of drug-likeness (QED) is 0.527. The molecule has 0 saturated heterocycles. The molecule has 1 aliphatic rings. The fourth-order valence-electron chi connectivity index (χ4n) is 1.58. The Labute approximate surface area is 95.4 Å². The number of hydrogen-bond acceptors (Lipinski definition) is 3. The van der Waals surface area contributed by atoms with E-state index in [1.54, 1.807) is 0 Å². The van der Waals surface area contributed by atoms with Gasteiger partial charge in [0, 0.05) is 13.0 Å². The maximum atomic E-state index is 11.4. The summed E-state index contributed by atoms with van der Waals surface area (Å²) in [6, 6.07) is 0. The molecule has 0 spiro atoms. The van der Waals surface area contributed by atoms with E-state index < -0.39 is 11.4 Å². The zero-order valence-electron chi connectivity index (χ0n) is 9.50. The van der Waals surface area contributed by atoms with Crippen LogP contribution < -0.4 is 11.1 Å². The lowest BCUT2D eigenvalue weighted by Gasteiger charge is -2.10. The number of nitrogens with one attached hydrogen (secondary N) is 1. The van der Waals surface area contributed by atoms with Gasteiger partial charge >= 0.3 is 5.97 Å². The highest BCUT2D eigenvalue weighted by Gasteiger charge is 2.50. The van der Waals surface area contributed by atoms with Crippen molar-refractivity contribution in [2.24, 2.45) is 11.1 Å². The number of nitrogens with two attached hydrogens (primary N) is 1. The van der Waals surface area contributed by atoms with Gasteiger partial charge in [0.1, 0.15) is 0 Å². The first kappa shape index (κ1) is 13.0. The van der Waals surface area contributed by atoms with Gasteiger partial charge in [-0.15, -0.1) is 0 Å². The molecule has 5 heteroatoms. The smallest absolute Gasteiger partial charge is 0.311 e. The molecule has 0 unspecified atom stereocenters. The second-order valence-corrected chi connectivity index (χ2v) is 4.46. The van der Waals surface area contributed by atoms with Gasteiger partial charge in [0.05, 0.1) is 5.41 Å². The number of carboxylic acid groups (broad SMARTS) is 1. The summed E-state index contributed by atoms with van der Waals surface area (Å²) in [4.78, 5) is 22.2. The van der Waals surface area contributed by atoms with Crippen LogP contribution in [0.2, 0.25) is 0 Å². The summed E-state index contributed by atoms with van der Waals surface area (Å²) >= 11 is 0. The molecule has 0 aromatic rings. The van der Waals surface area contributed by atoms with Crippen LogP contribution in [0.4, 0.5) is 0 Å². The molecule has 0 radical (unpaired) electrons. The summed E-state index contributed by atoms with van der Waals surface area (Å²) in [7, 11) is 0. The number of carbonyl (C=O) groups excluding carboxylic acids is 1.